The van der Waals surface area contributed by atoms with Crippen LogP contribution in [-0.4, -0.2) is 11.9 Å². The molecule has 0 aliphatic heterocycles. The maximum atomic E-state index is 12.4. The lowest BCUT2D eigenvalue weighted by Gasteiger charge is -2.26. The molecule has 0 saturated carbocycles. The molecule has 0 saturated heterocycles. The summed E-state index contributed by atoms with van der Waals surface area (Å²) in [5.74, 6) is 0.152. The Balaban J connectivity index is 2.18. The monoisotopic (exact) mass is 259 g/mol. The minimum atomic E-state index is 0.152. The largest absolute Gasteiger partial charge is 0.310 e. The summed E-state index contributed by atoms with van der Waals surface area (Å²) in [6, 6.07) is 14.0. The van der Waals surface area contributed by atoms with Crippen LogP contribution in [0.1, 0.15) is 18.7 Å². The van der Waals surface area contributed by atoms with Gasteiger partial charge < -0.3 is 4.90 Å². The van der Waals surface area contributed by atoms with Crippen molar-refractivity contribution < 1.29 is 4.79 Å². The molecule has 0 N–H and O–H groups in total. The number of hydrogen-bond acceptors (Lipinski definition) is 2. The standard InChI is InChI=1S/C15H17NOS/c1-12(2)16(13-7-4-3-5-8-13)15(17)11-14-9-6-10-18-14/h3-10,12H,11H2,1-2H3. The number of anilines is 1. The molecule has 0 aliphatic carbocycles. The fourth-order valence-electron chi connectivity index (χ4n) is 1.97. The first-order chi connectivity index (χ1) is 8.68. The van der Waals surface area contributed by atoms with Crippen LogP contribution in [0.4, 0.5) is 5.69 Å². The predicted octanol–water partition coefficient (Wildman–Crippen LogP) is 3.73. The molecule has 2 nitrogen and oxygen atoms in total. The van der Waals surface area contributed by atoms with Gasteiger partial charge in [0.25, 0.3) is 0 Å². The average Bonchev–Trinajstić information content (AvgIpc) is 2.83. The van der Waals surface area contributed by atoms with E-state index < -0.39 is 0 Å². The highest BCUT2D eigenvalue weighted by Crippen LogP contribution is 2.19. The number of carbonyl (C=O) groups excluding carboxylic acids is 1. The number of thiophene rings is 1. The van der Waals surface area contributed by atoms with Gasteiger partial charge in [-0.05, 0) is 37.4 Å². The molecule has 0 bridgehead atoms. The Labute approximate surface area is 112 Å². The SMILES string of the molecule is CC(C)N(C(=O)Cc1cccs1)c1ccccc1. The summed E-state index contributed by atoms with van der Waals surface area (Å²) in [5.41, 5.74) is 0.967. The minimum Gasteiger partial charge on any atom is -0.310 e. The number of carbonyl (C=O) groups is 1. The Bertz CT molecular complexity index is 490. The summed E-state index contributed by atoms with van der Waals surface area (Å²) in [4.78, 5) is 15.4. The van der Waals surface area contributed by atoms with Crippen molar-refractivity contribution in [2.45, 2.75) is 26.3 Å². The van der Waals surface area contributed by atoms with Crippen LogP contribution in [-0.2, 0) is 11.2 Å². The van der Waals surface area contributed by atoms with E-state index in [-0.39, 0.29) is 11.9 Å². The summed E-state index contributed by atoms with van der Waals surface area (Å²) in [6.45, 7) is 4.08. The van der Waals surface area contributed by atoms with E-state index in [9.17, 15) is 4.79 Å². The molecular formula is C15H17NOS. The van der Waals surface area contributed by atoms with Crippen molar-refractivity contribution in [3.63, 3.8) is 0 Å². The maximum absolute atomic E-state index is 12.4. The van der Waals surface area contributed by atoms with Crippen molar-refractivity contribution in [2.24, 2.45) is 0 Å². The Hall–Kier alpha value is -1.61. The molecule has 0 radical (unpaired) electrons. The van der Waals surface area contributed by atoms with Crippen LogP contribution in [0.5, 0.6) is 0 Å². The van der Waals surface area contributed by atoms with Gasteiger partial charge in [-0.3, -0.25) is 4.79 Å². The van der Waals surface area contributed by atoms with E-state index in [0.717, 1.165) is 10.6 Å². The molecule has 0 fully saturated rings. The number of rotatable bonds is 4. The number of hydrogen-bond donors (Lipinski definition) is 0. The third-order valence-corrected chi connectivity index (χ3v) is 3.60. The second kappa shape index (κ2) is 5.83. The number of nitrogens with zero attached hydrogens (tertiary/aromatic N) is 1. The molecule has 0 atom stereocenters. The first-order valence-electron chi connectivity index (χ1n) is 6.08. The smallest absolute Gasteiger partial charge is 0.232 e. The lowest BCUT2D eigenvalue weighted by Crippen LogP contribution is -2.37. The van der Waals surface area contributed by atoms with Gasteiger partial charge in [-0.25, -0.2) is 0 Å². The lowest BCUT2D eigenvalue weighted by atomic mass is 10.2. The van der Waals surface area contributed by atoms with Gasteiger partial charge in [-0.1, -0.05) is 24.3 Å². The zero-order chi connectivity index (χ0) is 13.0. The van der Waals surface area contributed by atoms with Gasteiger partial charge in [0.2, 0.25) is 5.91 Å². The molecule has 0 aliphatic rings. The van der Waals surface area contributed by atoms with Crippen molar-refractivity contribution in [1.29, 1.82) is 0 Å². The molecule has 0 unspecified atom stereocenters. The molecule has 1 heterocycles. The highest BCUT2D eigenvalue weighted by molar-refractivity contribution is 7.10. The molecule has 0 spiro atoms. The highest BCUT2D eigenvalue weighted by atomic mass is 32.1. The predicted molar refractivity (Wildman–Crippen MR) is 77.1 cm³/mol. The van der Waals surface area contributed by atoms with Gasteiger partial charge in [-0.15, -0.1) is 11.3 Å². The molecule has 94 valence electrons. The van der Waals surface area contributed by atoms with Crippen LogP contribution in [0.15, 0.2) is 47.8 Å². The summed E-state index contributed by atoms with van der Waals surface area (Å²) in [5, 5.41) is 2.00. The van der Waals surface area contributed by atoms with E-state index in [1.807, 2.05) is 66.6 Å². The van der Waals surface area contributed by atoms with Gasteiger partial charge in [-0.2, -0.15) is 0 Å². The molecule has 1 aromatic heterocycles. The van der Waals surface area contributed by atoms with Crippen molar-refractivity contribution in [3.8, 4) is 0 Å². The second-order valence-electron chi connectivity index (χ2n) is 4.45. The van der Waals surface area contributed by atoms with Crippen molar-refractivity contribution >= 4 is 22.9 Å². The molecular weight excluding hydrogens is 242 g/mol. The normalized spacial score (nSPS) is 10.6. The zero-order valence-electron chi connectivity index (χ0n) is 10.7. The third-order valence-electron chi connectivity index (χ3n) is 2.73. The van der Waals surface area contributed by atoms with Gasteiger partial charge in [0, 0.05) is 16.6 Å². The molecule has 2 aromatic rings. The van der Waals surface area contributed by atoms with Gasteiger partial charge >= 0.3 is 0 Å². The molecule has 3 heteroatoms. The van der Waals surface area contributed by atoms with Crippen molar-refractivity contribution in [3.05, 3.63) is 52.7 Å². The van der Waals surface area contributed by atoms with Crippen LogP contribution in [0, 0.1) is 0 Å². The lowest BCUT2D eigenvalue weighted by molar-refractivity contribution is -0.118. The fourth-order valence-corrected chi connectivity index (χ4v) is 2.66. The van der Waals surface area contributed by atoms with Crippen LogP contribution in [0.25, 0.3) is 0 Å². The van der Waals surface area contributed by atoms with Gasteiger partial charge in [0.05, 0.1) is 6.42 Å². The van der Waals surface area contributed by atoms with Gasteiger partial charge in [0.1, 0.15) is 0 Å². The molecule has 1 aromatic carbocycles. The maximum Gasteiger partial charge on any atom is 0.232 e. The Morgan fingerprint density at radius 1 is 1.17 bits per heavy atom. The second-order valence-corrected chi connectivity index (χ2v) is 5.48. The van der Waals surface area contributed by atoms with Gasteiger partial charge in [0.15, 0.2) is 0 Å². The quantitative estimate of drug-likeness (QED) is 0.819. The van der Waals surface area contributed by atoms with Crippen molar-refractivity contribution in [2.75, 3.05) is 4.90 Å². The highest BCUT2D eigenvalue weighted by Gasteiger charge is 2.19. The molecule has 1 amide bonds. The van der Waals surface area contributed by atoms with E-state index in [0.29, 0.717) is 6.42 Å². The van der Waals surface area contributed by atoms with E-state index >= 15 is 0 Å². The Morgan fingerprint density at radius 3 is 2.44 bits per heavy atom. The van der Waals surface area contributed by atoms with E-state index in [4.69, 9.17) is 0 Å². The topological polar surface area (TPSA) is 20.3 Å². The summed E-state index contributed by atoms with van der Waals surface area (Å²) in [7, 11) is 0. The number of para-hydroxylation sites is 1. The summed E-state index contributed by atoms with van der Waals surface area (Å²) in [6.07, 6.45) is 0.477. The third kappa shape index (κ3) is 2.99. The fraction of sp³-hybridized carbons (Fsp3) is 0.267. The van der Waals surface area contributed by atoms with Crippen LogP contribution in [0.3, 0.4) is 0 Å². The van der Waals surface area contributed by atoms with Crippen LogP contribution >= 0.6 is 11.3 Å². The molecule has 2 rings (SSSR count). The number of benzene rings is 1. The zero-order valence-corrected chi connectivity index (χ0v) is 11.5. The number of amides is 1. The molecule has 18 heavy (non-hydrogen) atoms. The summed E-state index contributed by atoms with van der Waals surface area (Å²) < 4.78 is 0. The Morgan fingerprint density at radius 2 is 1.89 bits per heavy atom. The van der Waals surface area contributed by atoms with E-state index in [1.165, 1.54) is 0 Å². The van der Waals surface area contributed by atoms with Crippen LogP contribution < -0.4 is 4.90 Å². The summed E-state index contributed by atoms with van der Waals surface area (Å²) >= 11 is 1.63. The van der Waals surface area contributed by atoms with Crippen LogP contribution in [0.2, 0.25) is 0 Å². The minimum absolute atomic E-state index is 0.152. The first-order valence-corrected chi connectivity index (χ1v) is 6.96. The first kappa shape index (κ1) is 12.8. The Kier molecular flexibility index (Phi) is 4.15. The van der Waals surface area contributed by atoms with E-state index in [2.05, 4.69) is 0 Å². The van der Waals surface area contributed by atoms with Crippen molar-refractivity contribution in [1.82, 2.24) is 0 Å². The van der Waals surface area contributed by atoms with E-state index in [1.54, 1.807) is 11.3 Å². The average molecular weight is 259 g/mol.